The maximum Gasteiger partial charge on any atom is 0.195 e. The fourth-order valence-corrected chi connectivity index (χ4v) is 4.65. The van der Waals surface area contributed by atoms with Crippen molar-refractivity contribution in [3.8, 4) is 11.5 Å². The number of hydrogen-bond donors (Lipinski definition) is 4. The summed E-state index contributed by atoms with van der Waals surface area (Å²) < 4.78 is 0. The standard InChI is InChI=1S/2C18H20O2.C6H6O2/c2*1-18(2,3)15-11-9-14(10-12-15)17(20)16(19)13-7-5-4-6-8-13;7-5-2-1-3-6(8)4-5/h2*4-12,16,19H,1-3H3;1-4,7-8H. The Bertz CT molecular complexity index is 1600. The number of aliphatic hydroxyl groups is 2. The summed E-state index contributed by atoms with van der Waals surface area (Å²) >= 11 is 0. The van der Waals surface area contributed by atoms with E-state index in [0.29, 0.717) is 22.3 Å². The zero-order valence-electron chi connectivity index (χ0n) is 28.5. The molecule has 0 aliphatic carbocycles. The van der Waals surface area contributed by atoms with E-state index in [4.69, 9.17) is 10.2 Å². The monoisotopic (exact) mass is 646 g/mol. The van der Waals surface area contributed by atoms with Crippen LogP contribution in [0.15, 0.2) is 133 Å². The topological polar surface area (TPSA) is 115 Å². The molecule has 0 heterocycles. The second-order valence-corrected chi connectivity index (χ2v) is 13.5. The summed E-state index contributed by atoms with van der Waals surface area (Å²) in [6, 6.07) is 38.8. The van der Waals surface area contributed by atoms with E-state index in [2.05, 4.69) is 41.5 Å². The largest absolute Gasteiger partial charge is 0.508 e. The van der Waals surface area contributed by atoms with Crippen LogP contribution in [0.5, 0.6) is 11.5 Å². The van der Waals surface area contributed by atoms with Crippen molar-refractivity contribution in [3.05, 3.63) is 167 Å². The highest BCUT2D eigenvalue weighted by atomic mass is 16.3. The van der Waals surface area contributed by atoms with Gasteiger partial charge in [0.15, 0.2) is 11.6 Å². The van der Waals surface area contributed by atoms with E-state index in [1.165, 1.54) is 29.3 Å². The Balaban J connectivity index is 0.000000212. The second-order valence-electron chi connectivity index (χ2n) is 13.5. The Labute approximate surface area is 284 Å². The molecular weight excluding hydrogens is 600 g/mol. The lowest BCUT2D eigenvalue weighted by molar-refractivity contribution is 0.0743. The molecule has 2 atom stereocenters. The molecular formula is C42H46O6. The molecule has 0 fully saturated rings. The van der Waals surface area contributed by atoms with Gasteiger partial charge in [0.25, 0.3) is 0 Å². The minimum atomic E-state index is -1.10. The van der Waals surface area contributed by atoms with Crippen molar-refractivity contribution >= 4 is 11.6 Å². The van der Waals surface area contributed by atoms with E-state index in [0.717, 1.165) is 0 Å². The summed E-state index contributed by atoms with van der Waals surface area (Å²) in [7, 11) is 0. The van der Waals surface area contributed by atoms with Gasteiger partial charge in [-0.1, -0.05) is 157 Å². The molecule has 0 saturated heterocycles. The summed E-state index contributed by atoms with van der Waals surface area (Å²) in [4.78, 5) is 24.5. The first kappa shape index (κ1) is 37.4. The van der Waals surface area contributed by atoms with Gasteiger partial charge in [0.05, 0.1) is 0 Å². The third-order valence-corrected chi connectivity index (χ3v) is 7.63. The Kier molecular flexibility index (Phi) is 13.0. The Hall–Kier alpha value is -5.04. The minimum Gasteiger partial charge on any atom is -0.508 e. The molecule has 4 N–H and O–H groups in total. The lowest BCUT2D eigenvalue weighted by atomic mass is 9.86. The first-order valence-corrected chi connectivity index (χ1v) is 15.8. The molecule has 5 rings (SSSR count). The maximum atomic E-state index is 12.3. The van der Waals surface area contributed by atoms with Crippen molar-refractivity contribution in [1.29, 1.82) is 0 Å². The molecule has 0 aliphatic heterocycles. The minimum absolute atomic E-state index is 0.0552. The first-order chi connectivity index (χ1) is 22.6. The average molecular weight is 647 g/mol. The highest BCUT2D eigenvalue weighted by molar-refractivity contribution is 6.00. The zero-order chi connectivity index (χ0) is 35.5. The molecule has 48 heavy (non-hydrogen) atoms. The number of carbonyl (C=O) groups is 2. The van der Waals surface area contributed by atoms with Crippen LogP contribution in [0.25, 0.3) is 0 Å². The zero-order valence-corrected chi connectivity index (χ0v) is 28.5. The van der Waals surface area contributed by atoms with Gasteiger partial charge in [-0.2, -0.15) is 0 Å². The fraction of sp³-hybridized carbons (Fsp3) is 0.238. The van der Waals surface area contributed by atoms with Crippen LogP contribution < -0.4 is 0 Å². The summed E-state index contributed by atoms with van der Waals surface area (Å²) in [5, 5.41) is 37.6. The number of ketones is 2. The molecule has 250 valence electrons. The molecule has 5 aromatic carbocycles. The second kappa shape index (κ2) is 16.7. The molecule has 6 heteroatoms. The normalized spacial score (nSPS) is 12.3. The summed E-state index contributed by atoms with van der Waals surface area (Å²) in [5.41, 5.74) is 4.77. The van der Waals surface area contributed by atoms with Crippen LogP contribution in [0.1, 0.15) is 96.7 Å². The predicted molar refractivity (Wildman–Crippen MR) is 192 cm³/mol. The molecule has 0 bridgehead atoms. The molecule has 0 aliphatic rings. The van der Waals surface area contributed by atoms with Crippen molar-refractivity contribution in [1.82, 2.24) is 0 Å². The number of rotatable bonds is 6. The Morgan fingerprint density at radius 2 is 0.771 bits per heavy atom. The van der Waals surface area contributed by atoms with Crippen molar-refractivity contribution in [2.45, 2.75) is 64.6 Å². The molecule has 0 amide bonds. The highest BCUT2D eigenvalue weighted by Gasteiger charge is 2.21. The summed E-state index contributed by atoms with van der Waals surface area (Å²) in [6.07, 6.45) is -2.20. The van der Waals surface area contributed by atoms with Crippen LogP contribution in [0.2, 0.25) is 0 Å². The smallest absolute Gasteiger partial charge is 0.195 e. The van der Waals surface area contributed by atoms with E-state index >= 15 is 0 Å². The number of phenols is 2. The van der Waals surface area contributed by atoms with E-state index < -0.39 is 12.2 Å². The van der Waals surface area contributed by atoms with Crippen molar-refractivity contribution < 1.29 is 30.0 Å². The van der Waals surface area contributed by atoms with Crippen LogP contribution in [-0.4, -0.2) is 32.0 Å². The van der Waals surface area contributed by atoms with Gasteiger partial charge in [-0.25, -0.2) is 0 Å². The number of carbonyl (C=O) groups excluding carboxylic acids is 2. The number of Topliss-reactive ketones (excluding diaryl/α,β-unsaturated/α-hetero) is 2. The quantitative estimate of drug-likeness (QED) is 0.137. The van der Waals surface area contributed by atoms with E-state index in [1.54, 1.807) is 54.6 Å². The van der Waals surface area contributed by atoms with Gasteiger partial charge in [0.2, 0.25) is 0 Å². The van der Waals surface area contributed by atoms with Gasteiger partial charge < -0.3 is 20.4 Å². The number of aliphatic hydroxyl groups excluding tert-OH is 2. The van der Waals surface area contributed by atoms with Gasteiger partial charge >= 0.3 is 0 Å². The van der Waals surface area contributed by atoms with Crippen LogP contribution >= 0.6 is 0 Å². The molecule has 2 unspecified atom stereocenters. The van der Waals surface area contributed by atoms with Gasteiger partial charge in [-0.15, -0.1) is 0 Å². The SMILES string of the molecule is CC(C)(C)c1ccc(C(=O)C(O)c2ccccc2)cc1.CC(C)(C)c1ccc(C(=O)C(O)c2ccccc2)cc1.Oc1cccc(O)c1. The average Bonchev–Trinajstić information content (AvgIpc) is 3.07. The Morgan fingerprint density at radius 3 is 1.02 bits per heavy atom. The number of benzene rings is 5. The third kappa shape index (κ3) is 11.0. The molecule has 0 aromatic heterocycles. The number of aromatic hydroxyl groups is 2. The van der Waals surface area contributed by atoms with Gasteiger partial charge in [-0.3, -0.25) is 9.59 Å². The third-order valence-electron chi connectivity index (χ3n) is 7.63. The molecule has 6 nitrogen and oxygen atoms in total. The number of hydrogen-bond acceptors (Lipinski definition) is 6. The van der Waals surface area contributed by atoms with Crippen LogP contribution in [0, 0.1) is 0 Å². The fourth-order valence-electron chi connectivity index (χ4n) is 4.65. The van der Waals surface area contributed by atoms with Gasteiger partial charge in [0, 0.05) is 17.2 Å². The van der Waals surface area contributed by atoms with Crippen molar-refractivity contribution in [2.24, 2.45) is 0 Å². The predicted octanol–water partition coefficient (Wildman–Crippen LogP) is 8.90. The van der Waals surface area contributed by atoms with Crippen molar-refractivity contribution in [3.63, 3.8) is 0 Å². The molecule has 0 radical (unpaired) electrons. The highest BCUT2D eigenvalue weighted by Crippen LogP contribution is 2.26. The van der Waals surface area contributed by atoms with Gasteiger partial charge in [0.1, 0.15) is 23.7 Å². The van der Waals surface area contributed by atoms with Crippen LogP contribution in [0.4, 0.5) is 0 Å². The summed E-state index contributed by atoms with van der Waals surface area (Å²) in [6.45, 7) is 12.8. The lowest BCUT2D eigenvalue weighted by Crippen LogP contribution is -2.14. The number of phenolic OH excluding ortho intramolecular Hbond substituents is 2. The van der Waals surface area contributed by atoms with Crippen LogP contribution in [-0.2, 0) is 10.8 Å². The molecule has 0 saturated carbocycles. The Morgan fingerprint density at radius 1 is 0.458 bits per heavy atom. The van der Waals surface area contributed by atoms with Gasteiger partial charge in [-0.05, 0) is 45.2 Å². The van der Waals surface area contributed by atoms with E-state index in [1.807, 2.05) is 60.7 Å². The lowest BCUT2D eigenvalue weighted by Gasteiger charge is -2.19. The summed E-state index contributed by atoms with van der Waals surface area (Å²) in [5.74, 6) is -0.358. The van der Waals surface area contributed by atoms with Crippen molar-refractivity contribution in [2.75, 3.05) is 0 Å². The van der Waals surface area contributed by atoms with E-state index in [9.17, 15) is 19.8 Å². The molecule has 5 aromatic rings. The maximum absolute atomic E-state index is 12.3. The molecule has 0 spiro atoms. The van der Waals surface area contributed by atoms with Crippen LogP contribution in [0.3, 0.4) is 0 Å². The van der Waals surface area contributed by atoms with E-state index in [-0.39, 0.29) is 33.9 Å². The first-order valence-electron chi connectivity index (χ1n) is 15.8.